The van der Waals surface area contributed by atoms with Crippen molar-refractivity contribution in [2.45, 2.75) is 25.2 Å². The first-order valence-corrected chi connectivity index (χ1v) is 8.22. The van der Waals surface area contributed by atoms with Gasteiger partial charge in [0.1, 0.15) is 5.75 Å². The summed E-state index contributed by atoms with van der Waals surface area (Å²) in [5.74, 6) is 0.999. The van der Waals surface area contributed by atoms with Crippen LogP contribution < -0.4 is 9.64 Å². The van der Waals surface area contributed by atoms with E-state index in [4.69, 9.17) is 4.74 Å². The molecule has 0 saturated heterocycles. The fourth-order valence-corrected chi connectivity index (χ4v) is 3.30. The lowest BCUT2D eigenvalue weighted by Crippen LogP contribution is -2.28. The number of carbonyl (C=O) groups excluding carboxylic acids is 1. The number of ketones is 1. The van der Waals surface area contributed by atoms with Gasteiger partial charge in [-0.2, -0.15) is 0 Å². The molecular weight excluding hydrogens is 298 g/mol. The summed E-state index contributed by atoms with van der Waals surface area (Å²) >= 11 is 0. The van der Waals surface area contributed by atoms with Crippen molar-refractivity contribution in [3.63, 3.8) is 0 Å². The lowest BCUT2D eigenvalue weighted by molar-refractivity contribution is -0.118. The maximum atomic E-state index is 13.1. The molecule has 3 heteroatoms. The fraction of sp³-hybridized carbons (Fsp3) is 0.286. The summed E-state index contributed by atoms with van der Waals surface area (Å²) in [5, 5.41) is 0. The average molecular weight is 321 g/mol. The van der Waals surface area contributed by atoms with Gasteiger partial charge >= 0.3 is 0 Å². The molecule has 0 heterocycles. The molecule has 1 saturated carbocycles. The predicted octanol–water partition coefficient (Wildman–Crippen LogP) is 4.34. The van der Waals surface area contributed by atoms with Crippen LogP contribution in [-0.4, -0.2) is 19.9 Å². The van der Waals surface area contributed by atoms with E-state index >= 15 is 0 Å². The Hall–Kier alpha value is -2.55. The van der Waals surface area contributed by atoms with Gasteiger partial charge in [0, 0.05) is 24.5 Å². The van der Waals surface area contributed by atoms with Gasteiger partial charge in [-0.3, -0.25) is 4.79 Å². The third-order valence-electron chi connectivity index (χ3n) is 4.91. The van der Waals surface area contributed by atoms with E-state index < -0.39 is 5.41 Å². The lowest BCUT2D eigenvalue weighted by Gasteiger charge is -2.23. The number of rotatable bonds is 4. The van der Waals surface area contributed by atoms with Gasteiger partial charge in [-0.25, -0.2) is 0 Å². The van der Waals surface area contributed by atoms with E-state index in [0.29, 0.717) is 0 Å². The number of methoxy groups -OCH3 is 1. The Bertz CT molecular complexity index is 766. The van der Waals surface area contributed by atoms with Crippen LogP contribution in [0.1, 0.15) is 25.3 Å². The zero-order valence-electron chi connectivity index (χ0n) is 14.5. The highest BCUT2D eigenvalue weighted by Gasteiger charge is 2.42. The van der Waals surface area contributed by atoms with Crippen molar-refractivity contribution >= 4 is 11.5 Å². The summed E-state index contributed by atoms with van der Waals surface area (Å²) in [4.78, 5) is 15.1. The van der Waals surface area contributed by atoms with E-state index in [2.05, 4.69) is 0 Å². The van der Waals surface area contributed by atoms with Crippen molar-refractivity contribution < 1.29 is 9.53 Å². The summed E-state index contributed by atoms with van der Waals surface area (Å²) in [5.41, 5.74) is 2.51. The Morgan fingerprint density at radius 2 is 1.88 bits per heavy atom. The molecule has 1 unspecified atom stereocenters. The third-order valence-corrected chi connectivity index (χ3v) is 4.91. The van der Waals surface area contributed by atoms with Crippen LogP contribution in [0.4, 0.5) is 5.69 Å². The number of allylic oxidation sites excluding steroid dienone is 1. The number of ether oxygens (including phenoxy) is 1. The number of carbonyl (C=O) groups is 1. The van der Waals surface area contributed by atoms with Crippen LogP contribution in [0.5, 0.6) is 5.75 Å². The molecule has 0 radical (unpaired) electrons. The molecule has 1 fully saturated rings. The van der Waals surface area contributed by atoms with Crippen LogP contribution in [0.3, 0.4) is 0 Å². The van der Waals surface area contributed by atoms with Crippen LogP contribution in [0.2, 0.25) is 0 Å². The molecule has 2 aromatic carbocycles. The van der Waals surface area contributed by atoms with Gasteiger partial charge in [-0.15, -0.1) is 0 Å². The lowest BCUT2D eigenvalue weighted by atomic mass is 9.80. The minimum absolute atomic E-state index is 0.207. The molecule has 1 atom stereocenters. The largest absolute Gasteiger partial charge is 0.497 e. The summed E-state index contributed by atoms with van der Waals surface area (Å²) in [6.07, 6.45) is 3.60. The van der Waals surface area contributed by atoms with E-state index in [0.717, 1.165) is 35.4 Å². The number of nitrogens with zero attached hydrogens (tertiary/aromatic N) is 1. The Labute approximate surface area is 143 Å². The number of benzene rings is 2. The molecule has 2 aromatic rings. The number of hydrogen-bond donors (Lipinski definition) is 0. The molecule has 1 aliphatic carbocycles. The first kappa shape index (κ1) is 16.3. The van der Waals surface area contributed by atoms with Crippen molar-refractivity contribution in [3.8, 4) is 5.75 Å². The van der Waals surface area contributed by atoms with E-state index in [1.807, 2.05) is 79.7 Å². The smallest absolute Gasteiger partial charge is 0.170 e. The first-order chi connectivity index (χ1) is 11.5. The molecule has 0 aromatic heterocycles. The minimum atomic E-state index is -0.474. The summed E-state index contributed by atoms with van der Waals surface area (Å²) in [6.45, 7) is 2.04. The summed E-state index contributed by atoms with van der Waals surface area (Å²) < 4.78 is 5.31. The van der Waals surface area contributed by atoms with E-state index in [1.54, 1.807) is 7.11 Å². The average Bonchev–Trinajstić information content (AvgIpc) is 2.92. The van der Waals surface area contributed by atoms with Crippen LogP contribution in [0.15, 0.2) is 66.4 Å². The maximum Gasteiger partial charge on any atom is 0.170 e. The zero-order valence-corrected chi connectivity index (χ0v) is 14.5. The quantitative estimate of drug-likeness (QED) is 0.785. The molecule has 0 bridgehead atoms. The van der Waals surface area contributed by atoms with Crippen molar-refractivity contribution in [2.75, 3.05) is 19.1 Å². The molecule has 24 heavy (non-hydrogen) atoms. The molecule has 0 amide bonds. The molecule has 0 aliphatic heterocycles. The highest BCUT2D eigenvalue weighted by Crippen LogP contribution is 2.41. The first-order valence-electron chi connectivity index (χ1n) is 8.22. The van der Waals surface area contributed by atoms with E-state index in [1.165, 1.54) is 0 Å². The van der Waals surface area contributed by atoms with E-state index in [9.17, 15) is 4.79 Å². The minimum Gasteiger partial charge on any atom is -0.497 e. The highest BCUT2D eigenvalue weighted by atomic mass is 16.5. The third kappa shape index (κ3) is 2.94. The monoisotopic (exact) mass is 321 g/mol. The fourth-order valence-electron chi connectivity index (χ4n) is 3.30. The van der Waals surface area contributed by atoms with Gasteiger partial charge in [-0.05, 0) is 49.6 Å². The van der Waals surface area contributed by atoms with Crippen molar-refractivity contribution in [2.24, 2.45) is 0 Å². The topological polar surface area (TPSA) is 29.5 Å². The van der Waals surface area contributed by atoms with Crippen molar-refractivity contribution in [3.05, 3.63) is 71.9 Å². The van der Waals surface area contributed by atoms with Gasteiger partial charge in [0.2, 0.25) is 0 Å². The van der Waals surface area contributed by atoms with E-state index in [-0.39, 0.29) is 5.78 Å². The van der Waals surface area contributed by atoms with Gasteiger partial charge in [0.05, 0.1) is 12.5 Å². The Morgan fingerprint density at radius 1 is 1.12 bits per heavy atom. The number of Topliss-reactive ketones (excluding diaryl/α,β-unsaturated/α-hetero) is 1. The number of hydrogen-bond acceptors (Lipinski definition) is 3. The van der Waals surface area contributed by atoms with Crippen molar-refractivity contribution in [1.82, 2.24) is 0 Å². The molecular formula is C21H23NO2. The van der Waals surface area contributed by atoms with Gasteiger partial charge in [0.25, 0.3) is 0 Å². The molecule has 0 spiro atoms. The van der Waals surface area contributed by atoms with Crippen LogP contribution in [-0.2, 0) is 10.2 Å². The second-order valence-electron chi connectivity index (χ2n) is 6.49. The second kappa shape index (κ2) is 6.52. The Kier molecular flexibility index (Phi) is 4.43. The second-order valence-corrected chi connectivity index (χ2v) is 6.49. The number of para-hydroxylation sites is 1. The van der Waals surface area contributed by atoms with Gasteiger partial charge < -0.3 is 9.64 Å². The van der Waals surface area contributed by atoms with Crippen LogP contribution in [0, 0.1) is 0 Å². The SMILES string of the molecule is COc1cccc(C2(C)CC/C(=C/N(C)c3ccccc3)C2=O)c1. The van der Waals surface area contributed by atoms with Gasteiger partial charge in [0.15, 0.2) is 5.78 Å². The summed E-state index contributed by atoms with van der Waals surface area (Å²) in [6, 6.07) is 17.9. The predicted molar refractivity (Wildman–Crippen MR) is 97.5 cm³/mol. The molecule has 124 valence electrons. The maximum absolute atomic E-state index is 13.1. The van der Waals surface area contributed by atoms with Gasteiger partial charge in [-0.1, -0.05) is 30.3 Å². The molecule has 1 aliphatic rings. The van der Waals surface area contributed by atoms with Crippen LogP contribution in [0.25, 0.3) is 0 Å². The zero-order chi connectivity index (χ0) is 17.2. The molecule has 0 N–H and O–H groups in total. The normalized spacial score (nSPS) is 22.0. The standard InChI is InChI=1S/C21H23NO2/c1-21(17-8-7-11-19(14-17)24-3)13-12-16(20(21)23)15-22(2)18-9-5-4-6-10-18/h4-11,14-15H,12-13H2,1-3H3/b16-15-. The summed E-state index contributed by atoms with van der Waals surface area (Å²) in [7, 11) is 3.63. The highest BCUT2D eigenvalue weighted by molar-refractivity contribution is 6.05. The molecule has 3 nitrogen and oxygen atoms in total. The molecule has 3 rings (SSSR count). The Balaban J connectivity index is 1.87. The van der Waals surface area contributed by atoms with Crippen molar-refractivity contribution in [1.29, 1.82) is 0 Å². The van der Waals surface area contributed by atoms with Crippen LogP contribution >= 0.6 is 0 Å². The Morgan fingerprint density at radius 3 is 2.58 bits per heavy atom. The number of anilines is 1.